The summed E-state index contributed by atoms with van der Waals surface area (Å²) in [6.45, 7) is 0. The third kappa shape index (κ3) is 0.926. The second kappa shape index (κ2) is 2.98. The van der Waals surface area contributed by atoms with E-state index in [9.17, 15) is 9.59 Å². The maximum Gasteiger partial charge on any atom is 0.351 e. The summed E-state index contributed by atoms with van der Waals surface area (Å²) in [5.74, 6) is -0.975. The monoisotopic (exact) mass is 212 g/mol. The van der Waals surface area contributed by atoms with Gasteiger partial charge in [-0.25, -0.2) is 4.79 Å². The molecule has 0 N–H and O–H groups in total. The summed E-state index contributed by atoms with van der Waals surface area (Å²) in [6.07, 6.45) is 3.98. The van der Waals surface area contributed by atoms with Gasteiger partial charge in [0, 0.05) is 6.42 Å². The summed E-state index contributed by atoms with van der Waals surface area (Å²) in [5, 5.41) is 0. The van der Waals surface area contributed by atoms with Crippen molar-refractivity contribution in [1.29, 1.82) is 0 Å². The van der Waals surface area contributed by atoms with Gasteiger partial charge in [0.2, 0.25) is 5.60 Å². The summed E-state index contributed by atoms with van der Waals surface area (Å²) >= 11 is 0. The Balaban J connectivity index is 2.36. The van der Waals surface area contributed by atoms with Crippen LogP contribution in [0.1, 0.15) is 12.8 Å². The van der Waals surface area contributed by atoms with Crippen LogP contribution in [0.2, 0.25) is 0 Å². The minimum atomic E-state index is -1.19. The van der Waals surface area contributed by atoms with Gasteiger partial charge < -0.3 is 14.2 Å². The Morgan fingerprint density at radius 2 is 1.87 bits per heavy atom. The molecule has 82 valence electrons. The molecule has 1 heterocycles. The van der Waals surface area contributed by atoms with Gasteiger partial charge in [-0.2, -0.15) is 0 Å². The molecule has 1 saturated carbocycles. The van der Waals surface area contributed by atoms with Gasteiger partial charge in [0.15, 0.2) is 0 Å². The van der Waals surface area contributed by atoms with Crippen molar-refractivity contribution in [3.05, 3.63) is 12.3 Å². The van der Waals surface area contributed by atoms with Gasteiger partial charge in [0.1, 0.15) is 5.41 Å². The fourth-order valence-corrected chi connectivity index (χ4v) is 2.28. The zero-order chi connectivity index (χ0) is 11.1. The van der Waals surface area contributed by atoms with Crippen molar-refractivity contribution >= 4 is 11.9 Å². The number of esters is 2. The highest BCUT2D eigenvalue weighted by molar-refractivity contribution is 5.95. The molecule has 2 aliphatic rings. The average Bonchev–Trinajstić information content (AvgIpc) is 2.50. The van der Waals surface area contributed by atoms with E-state index in [1.807, 2.05) is 0 Å². The van der Waals surface area contributed by atoms with Crippen LogP contribution in [0.15, 0.2) is 12.3 Å². The highest BCUT2D eigenvalue weighted by Gasteiger charge is 2.72. The minimum absolute atomic E-state index is 0.451. The summed E-state index contributed by atoms with van der Waals surface area (Å²) < 4.78 is 14.6. The molecule has 0 bridgehead atoms. The first kappa shape index (κ1) is 10.0. The lowest BCUT2D eigenvalue weighted by atomic mass is 9.57. The minimum Gasteiger partial charge on any atom is -0.482 e. The molecule has 0 spiro atoms. The molecule has 5 heteroatoms. The van der Waals surface area contributed by atoms with Crippen molar-refractivity contribution in [3.63, 3.8) is 0 Å². The number of ether oxygens (including phenoxy) is 3. The second-order valence-electron chi connectivity index (χ2n) is 3.70. The molecule has 0 amide bonds. The van der Waals surface area contributed by atoms with Gasteiger partial charge in [-0.1, -0.05) is 0 Å². The van der Waals surface area contributed by atoms with Crippen LogP contribution in [0.3, 0.4) is 0 Å². The largest absolute Gasteiger partial charge is 0.482 e. The molecule has 15 heavy (non-hydrogen) atoms. The molecule has 1 fully saturated rings. The van der Waals surface area contributed by atoms with Crippen LogP contribution in [-0.4, -0.2) is 31.8 Å². The Bertz CT molecular complexity index is 348. The van der Waals surface area contributed by atoms with Gasteiger partial charge in [-0.3, -0.25) is 4.79 Å². The molecule has 0 aromatic rings. The van der Waals surface area contributed by atoms with Crippen LogP contribution < -0.4 is 0 Å². The molecular weight excluding hydrogens is 200 g/mol. The quantitative estimate of drug-likeness (QED) is 0.620. The lowest BCUT2D eigenvalue weighted by Gasteiger charge is -2.47. The van der Waals surface area contributed by atoms with Crippen LogP contribution in [0.4, 0.5) is 0 Å². The Hall–Kier alpha value is -1.52. The zero-order valence-electron chi connectivity index (χ0n) is 8.61. The lowest BCUT2D eigenvalue weighted by molar-refractivity contribution is -0.202. The molecule has 5 nitrogen and oxygen atoms in total. The van der Waals surface area contributed by atoms with E-state index in [-0.39, 0.29) is 0 Å². The van der Waals surface area contributed by atoms with Gasteiger partial charge in [-0.15, -0.1) is 0 Å². The molecule has 0 radical (unpaired) electrons. The molecule has 2 atom stereocenters. The van der Waals surface area contributed by atoms with Crippen LogP contribution in [0, 0.1) is 5.41 Å². The summed E-state index contributed by atoms with van der Waals surface area (Å²) in [5.41, 5.74) is -2.16. The van der Waals surface area contributed by atoms with Crippen LogP contribution in [-0.2, 0) is 23.8 Å². The molecular formula is C10H12O5. The van der Waals surface area contributed by atoms with E-state index in [1.165, 1.54) is 20.5 Å². The van der Waals surface area contributed by atoms with E-state index in [0.717, 1.165) is 0 Å². The van der Waals surface area contributed by atoms with E-state index in [0.29, 0.717) is 12.8 Å². The van der Waals surface area contributed by atoms with Crippen molar-refractivity contribution < 1.29 is 23.8 Å². The Labute approximate surface area is 87.0 Å². The highest BCUT2D eigenvalue weighted by Crippen LogP contribution is 2.58. The van der Waals surface area contributed by atoms with E-state index >= 15 is 0 Å². The number of rotatable bonds is 2. The Morgan fingerprint density at radius 1 is 1.20 bits per heavy atom. The molecule has 1 aliphatic carbocycles. The molecule has 1 aliphatic heterocycles. The lowest BCUT2D eigenvalue weighted by Crippen LogP contribution is -2.64. The number of carbonyl (C=O) groups is 2. The SMILES string of the molecule is COC(=O)C12C=COC1(C(=O)OC)CC2. The fraction of sp³-hybridized carbons (Fsp3) is 0.600. The number of hydrogen-bond acceptors (Lipinski definition) is 5. The molecule has 0 aromatic carbocycles. The standard InChI is InChI=1S/C10H12O5/c1-13-7(11)9-3-4-10(9,8(12)14-2)15-6-5-9/h5-6H,3-4H2,1-2H3. The predicted octanol–water partition coefficient (Wildman–Crippen LogP) is 0.395. The van der Waals surface area contributed by atoms with Crippen molar-refractivity contribution in [2.45, 2.75) is 18.4 Å². The third-order valence-corrected chi connectivity index (χ3v) is 3.28. The number of hydrogen-bond donors (Lipinski definition) is 0. The number of carbonyl (C=O) groups excluding carboxylic acids is 2. The average molecular weight is 212 g/mol. The number of fused-ring (bicyclic) bond motifs is 1. The fourth-order valence-electron chi connectivity index (χ4n) is 2.28. The topological polar surface area (TPSA) is 61.8 Å². The summed E-state index contributed by atoms with van der Waals surface area (Å²) in [7, 11) is 2.57. The number of methoxy groups -OCH3 is 2. The van der Waals surface area contributed by atoms with E-state index in [2.05, 4.69) is 4.74 Å². The summed E-state index contributed by atoms with van der Waals surface area (Å²) in [6, 6.07) is 0. The molecule has 2 rings (SSSR count). The molecule has 2 unspecified atom stereocenters. The van der Waals surface area contributed by atoms with E-state index < -0.39 is 23.0 Å². The maximum absolute atomic E-state index is 11.7. The summed E-state index contributed by atoms with van der Waals surface area (Å²) in [4.78, 5) is 23.3. The van der Waals surface area contributed by atoms with Crippen LogP contribution in [0.5, 0.6) is 0 Å². The van der Waals surface area contributed by atoms with Gasteiger partial charge >= 0.3 is 11.9 Å². The van der Waals surface area contributed by atoms with Crippen molar-refractivity contribution in [2.24, 2.45) is 5.41 Å². The highest BCUT2D eigenvalue weighted by atomic mass is 16.6. The third-order valence-electron chi connectivity index (χ3n) is 3.28. The van der Waals surface area contributed by atoms with Crippen molar-refractivity contribution in [2.75, 3.05) is 14.2 Å². The zero-order valence-corrected chi connectivity index (χ0v) is 8.61. The normalized spacial score (nSPS) is 36.1. The van der Waals surface area contributed by atoms with E-state index in [4.69, 9.17) is 9.47 Å². The van der Waals surface area contributed by atoms with Crippen LogP contribution >= 0.6 is 0 Å². The molecule has 0 saturated heterocycles. The Morgan fingerprint density at radius 3 is 2.33 bits per heavy atom. The van der Waals surface area contributed by atoms with Gasteiger partial charge in [0.25, 0.3) is 0 Å². The van der Waals surface area contributed by atoms with E-state index in [1.54, 1.807) is 6.08 Å². The van der Waals surface area contributed by atoms with Gasteiger partial charge in [0.05, 0.1) is 20.5 Å². The Kier molecular flexibility index (Phi) is 1.99. The van der Waals surface area contributed by atoms with Crippen molar-refractivity contribution in [3.8, 4) is 0 Å². The van der Waals surface area contributed by atoms with Crippen LogP contribution in [0.25, 0.3) is 0 Å². The molecule has 0 aromatic heterocycles. The van der Waals surface area contributed by atoms with Gasteiger partial charge in [-0.05, 0) is 12.5 Å². The maximum atomic E-state index is 11.7. The van der Waals surface area contributed by atoms with Crippen molar-refractivity contribution in [1.82, 2.24) is 0 Å². The smallest absolute Gasteiger partial charge is 0.351 e. The predicted molar refractivity (Wildman–Crippen MR) is 48.7 cm³/mol. The first-order chi connectivity index (χ1) is 7.13. The second-order valence-corrected chi connectivity index (χ2v) is 3.70. The first-order valence-electron chi connectivity index (χ1n) is 4.65. The first-order valence-corrected chi connectivity index (χ1v) is 4.65.